The summed E-state index contributed by atoms with van der Waals surface area (Å²) >= 11 is 5.47. The first-order chi connectivity index (χ1) is 7.72. The standard InChI is InChI=1S/C12H17BrN2S/c1-9-8-16-12-7-10(13)3-4-11(12)15(9)6-2-5-14/h3-4,7,9H,2,5-6,8,14H2,1H3. The van der Waals surface area contributed by atoms with E-state index in [2.05, 4.69) is 46.0 Å². The fraction of sp³-hybridized carbons (Fsp3) is 0.500. The van der Waals surface area contributed by atoms with Crippen LogP contribution in [0.1, 0.15) is 13.3 Å². The smallest absolute Gasteiger partial charge is 0.0507 e. The third kappa shape index (κ3) is 2.55. The average molecular weight is 301 g/mol. The maximum Gasteiger partial charge on any atom is 0.0507 e. The Hall–Kier alpha value is -0.190. The molecule has 4 heteroatoms. The van der Waals surface area contributed by atoms with Crippen molar-refractivity contribution in [2.75, 3.05) is 23.7 Å². The van der Waals surface area contributed by atoms with Gasteiger partial charge in [-0.1, -0.05) is 15.9 Å². The summed E-state index contributed by atoms with van der Waals surface area (Å²) in [5.74, 6) is 1.16. The molecule has 0 amide bonds. The van der Waals surface area contributed by atoms with Crippen LogP contribution in [0.15, 0.2) is 27.6 Å². The molecule has 0 aliphatic carbocycles. The van der Waals surface area contributed by atoms with Gasteiger partial charge in [0.15, 0.2) is 0 Å². The molecule has 88 valence electrons. The minimum atomic E-state index is 0.602. The Labute approximate surface area is 110 Å². The molecule has 1 unspecified atom stereocenters. The van der Waals surface area contributed by atoms with E-state index in [1.165, 1.54) is 10.6 Å². The molecule has 1 aliphatic rings. The summed E-state index contributed by atoms with van der Waals surface area (Å²) in [4.78, 5) is 3.86. The van der Waals surface area contributed by atoms with Crippen LogP contribution < -0.4 is 10.6 Å². The molecule has 1 atom stereocenters. The molecule has 2 nitrogen and oxygen atoms in total. The van der Waals surface area contributed by atoms with Crippen LogP contribution in [-0.4, -0.2) is 24.9 Å². The van der Waals surface area contributed by atoms with Gasteiger partial charge in [-0.15, -0.1) is 11.8 Å². The van der Waals surface area contributed by atoms with Gasteiger partial charge in [-0.25, -0.2) is 0 Å². The van der Waals surface area contributed by atoms with Crippen molar-refractivity contribution in [3.63, 3.8) is 0 Å². The third-order valence-electron chi connectivity index (χ3n) is 2.85. The summed E-state index contributed by atoms with van der Waals surface area (Å²) in [7, 11) is 0. The Bertz CT molecular complexity index is 370. The van der Waals surface area contributed by atoms with Crippen molar-refractivity contribution < 1.29 is 0 Å². The molecule has 1 aliphatic heterocycles. The Balaban J connectivity index is 2.25. The van der Waals surface area contributed by atoms with Gasteiger partial charge in [-0.2, -0.15) is 0 Å². The summed E-state index contributed by atoms with van der Waals surface area (Å²) in [6.45, 7) is 4.11. The highest BCUT2D eigenvalue weighted by atomic mass is 79.9. The molecule has 2 N–H and O–H groups in total. The number of nitrogens with two attached hydrogens (primary N) is 1. The van der Waals surface area contributed by atoms with Crippen molar-refractivity contribution in [2.24, 2.45) is 5.73 Å². The van der Waals surface area contributed by atoms with E-state index in [9.17, 15) is 0 Å². The van der Waals surface area contributed by atoms with Gasteiger partial charge in [0.25, 0.3) is 0 Å². The molecule has 0 radical (unpaired) electrons. The van der Waals surface area contributed by atoms with Crippen molar-refractivity contribution in [1.29, 1.82) is 0 Å². The van der Waals surface area contributed by atoms with Gasteiger partial charge in [0.2, 0.25) is 0 Å². The summed E-state index contributed by atoms with van der Waals surface area (Å²) in [5.41, 5.74) is 6.96. The maximum absolute atomic E-state index is 5.60. The van der Waals surface area contributed by atoms with Crippen LogP contribution in [0.5, 0.6) is 0 Å². The number of nitrogens with zero attached hydrogens (tertiary/aromatic N) is 1. The van der Waals surface area contributed by atoms with Crippen molar-refractivity contribution in [2.45, 2.75) is 24.3 Å². The number of hydrogen-bond donors (Lipinski definition) is 1. The molecule has 1 aromatic rings. The first-order valence-corrected chi connectivity index (χ1v) is 7.39. The molecule has 1 heterocycles. The summed E-state index contributed by atoms with van der Waals surface area (Å²) in [5, 5.41) is 0. The van der Waals surface area contributed by atoms with E-state index in [0.29, 0.717) is 6.04 Å². The zero-order valence-corrected chi connectivity index (χ0v) is 11.9. The van der Waals surface area contributed by atoms with Crippen LogP contribution >= 0.6 is 27.7 Å². The maximum atomic E-state index is 5.60. The molecule has 0 bridgehead atoms. The minimum Gasteiger partial charge on any atom is -0.367 e. The van der Waals surface area contributed by atoms with Crippen LogP contribution in [0.4, 0.5) is 5.69 Å². The van der Waals surface area contributed by atoms with E-state index >= 15 is 0 Å². The van der Waals surface area contributed by atoms with Gasteiger partial charge in [-0.05, 0) is 38.1 Å². The van der Waals surface area contributed by atoms with Crippen molar-refractivity contribution in [3.8, 4) is 0 Å². The molecular formula is C12H17BrN2S. The molecule has 2 rings (SSSR count). The van der Waals surface area contributed by atoms with Crippen LogP contribution in [0.2, 0.25) is 0 Å². The number of rotatable bonds is 3. The van der Waals surface area contributed by atoms with Crippen LogP contribution in [0.3, 0.4) is 0 Å². The zero-order chi connectivity index (χ0) is 11.5. The van der Waals surface area contributed by atoms with E-state index in [1.807, 2.05) is 11.8 Å². The second-order valence-corrected chi connectivity index (χ2v) is 6.09. The molecule has 0 saturated heterocycles. The highest BCUT2D eigenvalue weighted by Gasteiger charge is 2.22. The SMILES string of the molecule is CC1CSc2cc(Br)ccc2N1CCCN. The normalized spacial score (nSPS) is 19.7. The molecule has 0 aromatic heterocycles. The number of halogens is 1. The van der Waals surface area contributed by atoms with Gasteiger partial charge < -0.3 is 10.6 Å². The van der Waals surface area contributed by atoms with Crippen molar-refractivity contribution in [3.05, 3.63) is 22.7 Å². The topological polar surface area (TPSA) is 29.3 Å². The predicted octanol–water partition coefficient (Wildman–Crippen LogP) is 3.10. The van der Waals surface area contributed by atoms with Crippen LogP contribution in [-0.2, 0) is 0 Å². The molecule has 16 heavy (non-hydrogen) atoms. The third-order valence-corrected chi connectivity index (χ3v) is 4.63. The second-order valence-electron chi connectivity index (χ2n) is 4.11. The van der Waals surface area contributed by atoms with Gasteiger partial charge in [0, 0.05) is 27.7 Å². The Morgan fingerprint density at radius 2 is 2.38 bits per heavy atom. The molecule has 0 fully saturated rings. The van der Waals surface area contributed by atoms with E-state index in [1.54, 1.807) is 0 Å². The van der Waals surface area contributed by atoms with Crippen molar-refractivity contribution >= 4 is 33.4 Å². The minimum absolute atomic E-state index is 0.602. The lowest BCUT2D eigenvalue weighted by molar-refractivity contribution is 0.652. The lowest BCUT2D eigenvalue weighted by Gasteiger charge is -2.36. The lowest BCUT2D eigenvalue weighted by Crippen LogP contribution is -2.39. The first kappa shape index (κ1) is 12.3. The number of benzene rings is 1. The van der Waals surface area contributed by atoms with Gasteiger partial charge in [0.05, 0.1) is 5.69 Å². The van der Waals surface area contributed by atoms with Crippen LogP contribution in [0.25, 0.3) is 0 Å². The molecular weight excluding hydrogens is 284 g/mol. The first-order valence-electron chi connectivity index (χ1n) is 5.61. The lowest BCUT2D eigenvalue weighted by atomic mass is 10.2. The van der Waals surface area contributed by atoms with Crippen molar-refractivity contribution in [1.82, 2.24) is 0 Å². The zero-order valence-electron chi connectivity index (χ0n) is 9.45. The largest absolute Gasteiger partial charge is 0.367 e. The average Bonchev–Trinajstić information content (AvgIpc) is 2.28. The highest BCUT2D eigenvalue weighted by Crippen LogP contribution is 2.38. The van der Waals surface area contributed by atoms with E-state index in [4.69, 9.17) is 5.73 Å². The Kier molecular flexibility index (Phi) is 4.16. The quantitative estimate of drug-likeness (QED) is 0.930. The monoisotopic (exact) mass is 300 g/mol. The number of fused-ring (bicyclic) bond motifs is 1. The van der Waals surface area contributed by atoms with E-state index in [-0.39, 0.29) is 0 Å². The fourth-order valence-corrected chi connectivity index (χ4v) is 3.64. The molecule has 0 spiro atoms. The molecule has 0 saturated carbocycles. The Morgan fingerprint density at radius 3 is 3.12 bits per heavy atom. The molecule has 1 aromatic carbocycles. The summed E-state index contributed by atoms with van der Waals surface area (Å²) in [6, 6.07) is 7.14. The number of hydrogen-bond acceptors (Lipinski definition) is 3. The fourth-order valence-electron chi connectivity index (χ4n) is 1.98. The van der Waals surface area contributed by atoms with E-state index < -0.39 is 0 Å². The highest BCUT2D eigenvalue weighted by molar-refractivity contribution is 9.10. The van der Waals surface area contributed by atoms with Gasteiger partial charge in [-0.3, -0.25) is 0 Å². The van der Waals surface area contributed by atoms with E-state index in [0.717, 1.165) is 29.7 Å². The number of thioether (sulfide) groups is 1. The van der Waals surface area contributed by atoms with Gasteiger partial charge >= 0.3 is 0 Å². The summed E-state index contributed by atoms with van der Waals surface area (Å²) in [6.07, 6.45) is 1.06. The van der Waals surface area contributed by atoms with Crippen LogP contribution in [0, 0.1) is 0 Å². The predicted molar refractivity (Wildman–Crippen MR) is 75.3 cm³/mol. The Morgan fingerprint density at radius 1 is 1.56 bits per heavy atom. The number of anilines is 1. The second kappa shape index (κ2) is 5.43. The summed E-state index contributed by atoms with van der Waals surface area (Å²) < 4.78 is 1.16. The van der Waals surface area contributed by atoms with Gasteiger partial charge in [0.1, 0.15) is 0 Å².